The van der Waals surface area contributed by atoms with E-state index in [-0.39, 0.29) is 24.0 Å². The number of aliphatic imine (C=N–C) groups is 1. The number of hydrogen-bond donors (Lipinski definition) is 2. The molecule has 1 aromatic heterocycles. The summed E-state index contributed by atoms with van der Waals surface area (Å²) < 4.78 is 1.82. The minimum absolute atomic E-state index is 0. The van der Waals surface area contributed by atoms with Gasteiger partial charge in [0.2, 0.25) is 0 Å². The molecule has 6 nitrogen and oxygen atoms in total. The standard InChI is InChI=1S/C18H34N6.HI/c1-15(2)17(24-9-7-5-6-8-10-24)13-21-18(19-3)20-11-16-12-22-23(4)14-16;/h12,14-15,17H,5-11,13H2,1-4H3,(H2,19,20,21);1H. The zero-order valence-corrected chi connectivity index (χ0v) is 18.5. The summed E-state index contributed by atoms with van der Waals surface area (Å²) in [5.74, 6) is 1.49. The van der Waals surface area contributed by atoms with Crippen LogP contribution in [0.25, 0.3) is 0 Å². The van der Waals surface area contributed by atoms with Crippen molar-refractivity contribution in [3.05, 3.63) is 18.0 Å². The minimum atomic E-state index is 0. The summed E-state index contributed by atoms with van der Waals surface area (Å²) in [7, 11) is 3.76. The molecule has 1 saturated heterocycles. The maximum atomic E-state index is 4.35. The van der Waals surface area contributed by atoms with E-state index in [4.69, 9.17) is 0 Å². The van der Waals surface area contributed by atoms with Gasteiger partial charge in [0, 0.05) is 45.0 Å². The van der Waals surface area contributed by atoms with Crippen LogP contribution in [0, 0.1) is 5.92 Å². The number of aryl methyl sites for hydroxylation is 1. The van der Waals surface area contributed by atoms with Gasteiger partial charge in [0.25, 0.3) is 0 Å². The number of likely N-dealkylation sites (tertiary alicyclic amines) is 1. The maximum absolute atomic E-state index is 4.35. The third-order valence-electron chi connectivity index (χ3n) is 4.80. The summed E-state index contributed by atoms with van der Waals surface area (Å²) in [6, 6.07) is 0.556. The molecule has 1 unspecified atom stereocenters. The lowest BCUT2D eigenvalue weighted by molar-refractivity contribution is 0.161. The van der Waals surface area contributed by atoms with Crippen LogP contribution in [-0.4, -0.2) is 53.4 Å². The largest absolute Gasteiger partial charge is 0.355 e. The van der Waals surface area contributed by atoms with Gasteiger partial charge in [0.05, 0.1) is 6.20 Å². The fraction of sp³-hybridized carbons (Fsp3) is 0.778. The Bertz CT molecular complexity index is 505. The summed E-state index contributed by atoms with van der Waals surface area (Å²) in [6.07, 6.45) is 9.32. The van der Waals surface area contributed by atoms with Crippen molar-refractivity contribution in [3.8, 4) is 0 Å². The average molecular weight is 462 g/mol. The summed E-state index contributed by atoms with van der Waals surface area (Å²) in [6.45, 7) is 8.78. The molecule has 0 bridgehead atoms. The lowest BCUT2D eigenvalue weighted by Crippen LogP contribution is -2.49. The highest BCUT2D eigenvalue weighted by Gasteiger charge is 2.22. The van der Waals surface area contributed by atoms with Crippen LogP contribution in [0.2, 0.25) is 0 Å². The van der Waals surface area contributed by atoms with Gasteiger partial charge >= 0.3 is 0 Å². The van der Waals surface area contributed by atoms with Crippen molar-refractivity contribution in [3.63, 3.8) is 0 Å². The second-order valence-electron chi connectivity index (χ2n) is 7.09. The van der Waals surface area contributed by atoms with Crippen molar-refractivity contribution in [2.45, 2.75) is 52.1 Å². The van der Waals surface area contributed by atoms with Crippen LogP contribution in [0.5, 0.6) is 0 Å². The third-order valence-corrected chi connectivity index (χ3v) is 4.80. The molecule has 0 aromatic carbocycles. The normalized spacial score (nSPS) is 17.7. The van der Waals surface area contributed by atoms with Crippen LogP contribution >= 0.6 is 24.0 Å². The lowest BCUT2D eigenvalue weighted by atomic mass is 10.0. The first-order chi connectivity index (χ1) is 11.6. The van der Waals surface area contributed by atoms with E-state index in [2.05, 4.69) is 39.5 Å². The van der Waals surface area contributed by atoms with Gasteiger partial charge in [0.1, 0.15) is 0 Å². The van der Waals surface area contributed by atoms with E-state index in [1.54, 1.807) is 0 Å². The second kappa shape index (κ2) is 11.7. The molecule has 0 spiro atoms. The lowest BCUT2D eigenvalue weighted by Gasteiger charge is -2.34. The van der Waals surface area contributed by atoms with Crippen molar-refractivity contribution in [1.29, 1.82) is 0 Å². The molecule has 0 aliphatic carbocycles. The molecule has 1 atom stereocenters. The quantitative estimate of drug-likeness (QED) is 0.388. The molecular weight excluding hydrogens is 427 g/mol. The highest BCUT2D eigenvalue weighted by Crippen LogP contribution is 2.17. The van der Waals surface area contributed by atoms with Crippen LogP contribution in [0.1, 0.15) is 45.1 Å². The molecule has 1 fully saturated rings. The molecule has 1 aromatic rings. The van der Waals surface area contributed by atoms with Gasteiger partial charge < -0.3 is 10.6 Å². The van der Waals surface area contributed by atoms with Crippen molar-refractivity contribution in [1.82, 2.24) is 25.3 Å². The van der Waals surface area contributed by atoms with Crippen LogP contribution in [0.3, 0.4) is 0 Å². The van der Waals surface area contributed by atoms with Crippen LogP contribution in [0.4, 0.5) is 0 Å². The molecule has 1 aliphatic rings. The van der Waals surface area contributed by atoms with Gasteiger partial charge in [-0.15, -0.1) is 24.0 Å². The van der Waals surface area contributed by atoms with Crippen molar-refractivity contribution >= 4 is 29.9 Å². The molecule has 144 valence electrons. The molecule has 0 saturated carbocycles. The van der Waals surface area contributed by atoms with Gasteiger partial charge in [-0.1, -0.05) is 26.7 Å². The number of halogens is 1. The van der Waals surface area contributed by atoms with E-state index >= 15 is 0 Å². The van der Waals surface area contributed by atoms with Crippen LogP contribution in [0.15, 0.2) is 17.4 Å². The Labute approximate surface area is 169 Å². The van der Waals surface area contributed by atoms with Crippen molar-refractivity contribution in [2.24, 2.45) is 18.0 Å². The first kappa shape index (κ1) is 22.2. The van der Waals surface area contributed by atoms with Gasteiger partial charge in [-0.2, -0.15) is 5.10 Å². The van der Waals surface area contributed by atoms with Gasteiger partial charge in [-0.05, 0) is 31.8 Å². The Morgan fingerprint density at radius 2 is 1.88 bits per heavy atom. The molecule has 7 heteroatoms. The van der Waals surface area contributed by atoms with Gasteiger partial charge in [-0.25, -0.2) is 0 Å². The number of rotatable bonds is 6. The average Bonchev–Trinajstić information content (AvgIpc) is 2.81. The fourth-order valence-electron chi connectivity index (χ4n) is 3.38. The summed E-state index contributed by atoms with van der Waals surface area (Å²) in [5, 5.41) is 11.1. The van der Waals surface area contributed by atoms with E-state index in [0.29, 0.717) is 12.0 Å². The minimum Gasteiger partial charge on any atom is -0.355 e. The van der Waals surface area contributed by atoms with E-state index in [0.717, 1.165) is 24.6 Å². The molecule has 2 N–H and O–H groups in total. The maximum Gasteiger partial charge on any atom is 0.191 e. The second-order valence-corrected chi connectivity index (χ2v) is 7.09. The number of nitrogens with one attached hydrogen (secondary N) is 2. The number of nitrogens with zero attached hydrogens (tertiary/aromatic N) is 4. The van der Waals surface area contributed by atoms with E-state index in [1.807, 2.05) is 31.2 Å². The number of hydrogen-bond acceptors (Lipinski definition) is 3. The molecule has 1 aliphatic heterocycles. The molecular formula is C18H35IN6. The Morgan fingerprint density at radius 1 is 1.20 bits per heavy atom. The first-order valence-electron chi connectivity index (χ1n) is 9.26. The predicted octanol–water partition coefficient (Wildman–Crippen LogP) is 2.60. The Hall–Kier alpha value is -0.830. The van der Waals surface area contributed by atoms with Gasteiger partial charge in [0.15, 0.2) is 5.96 Å². The molecule has 0 amide bonds. The Morgan fingerprint density at radius 3 is 2.40 bits per heavy atom. The highest BCUT2D eigenvalue weighted by atomic mass is 127. The molecule has 2 rings (SSSR count). The summed E-state index contributed by atoms with van der Waals surface area (Å²) in [5.41, 5.74) is 1.16. The highest BCUT2D eigenvalue weighted by molar-refractivity contribution is 14.0. The van der Waals surface area contributed by atoms with Gasteiger partial charge in [-0.3, -0.25) is 14.6 Å². The summed E-state index contributed by atoms with van der Waals surface area (Å²) >= 11 is 0. The Kier molecular flexibility index (Phi) is 10.4. The van der Waals surface area contributed by atoms with Crippen LogP contribution < -0.4 is 10.6 Å². The van der Waals surface area contributed by atoms with E-state index < -0.39 is 0 Å². The molecule has 25 heavy (non-hydrogen) atoms. The predicted molar refractivity (Wildman–Crippen MR) is 115 cm³/mol. The first-order valence-corrected chi connectivity index (χ1v) is 9.26. The number of aromatic nitrogens is 2. The molecule has 0 radical (unpaired) electrons. The van der Waals surface area contributed by atoms with Crippen LogP contribution in [-0.2, 0) is 13.6 Å². The smallest absolute Gasteiger partial charge is 0.191 e. The number of guanidine groups is 1. The monoisotopic (exact) mass is 462 g/mol. The van der Waals surface area contributed by atoms with Crippen molar-refractivity contribution in [2.75, 3.05) is 26.7 Å². The Balaban J connectivity index is 0.00000312. The fourth-order valence-corrected chi connectivity index (χ4v) is 3.38. The topological polar surface area (TPSA) is 57.5 Å². The van der Waals surface area contributed by atoms with E-state index in [1.165, 1.54) is 38.8 Å². The zero-order valence-electron chi connectivity index (χ0n) is 16.2. The van der Waals surface area contributed by atoms with E-state index in [9.17, 15) is 0 Å². The SMILES string of the molecule is CN=C(NCc1cnn(C)c1)NCC(C(C)C)N1CCCCCC1.I. The molecule has 2 heterocycles. The third kappa shape index (κ3) is 7.52. The summed E-state index contributed by atoms with van der Waals surface area (Å²) in [4.78, 5) is 7.02. The van der Waals surface area contributed by atoms with Crippen molar-refractivity contribution < 1.29 is 0 Å². The zero-order chi connectivity index (χ0) is 17.4.